The first-order valence-electron chi connectivity index (χ1n) is 7.64. The van der Waals surface area contributed by atoms with Gasteiger partial charge in [0.25, 0.3) is 10.0 Å². The fraction of sp³-hybridized carbons (Fsp3) is 0.111. The van der Waals surface area contributed by atoms with Gasteiger partial charge in [-0.1, -0.05) is 18.2 Å². The first kappa shape index (κ1) is 19.4. The second-order valence-electron chi connectivity index (χ2n) is 5.45. The highest BCUT2D eigenvalue weighted by molar-refractivity contribution is 14.1. The van der Waals surface area contributed by atoms with Gasteiger partial charge in [0.1, 0.15) is 5.56 Å². The van der Waals surface area contributed by atoms with Gasteiger partial charge in [-0.3, -0.25) is 0 Å². The standard InChI is InChI=1S/C18H14INO6S/c1-25-17(21)15-13-10-11(19)8-9-14(13)20(16(15)18(22)26-2)27(23,24)12-6-4-3-5-7-12/h3-10H,1-2H3. The second-order valence-corrected chi connectivity index (χ2v) is 8.48. The van der Waals surface area contributed by atoms with Crippen LogP contribution in [-0.4, -0.2) is 38.5 Å². The summed E-state index contributed by atoms with van der Waals surface area (Å²) in [5.74, 6) is -1.79. The molecule has 1 aromatic heterocycles. The molecular formula is C18H14INO6S. The lowest BCUT2D eigenvalue weighted by atomic mass is 10.1. The number of fused-ring (bicyclic) bond motifs is 1. The van der Waals surface area contributed by atoms with Crippen molar-refractivity contribution in [3.8, 4) is 0 Å². The maximum Gasteiger partial charge on any atom is 0.356 e. The zero-order valence-electron chi connectivity index (χ0n) is 14.3. The number of carbonyl (C=O) groups is 2. The molecule has 1 heterocycles. The summed E-state index contributed by atoms with van der Waals surface area (Å²) < 4.78 is 37.8. The minimum absolute atomic E-state index is 0.0259. The summed E-state index contributed by atoms with van der Waals surface area (Å²) in [4.78, 5) is 24.9. The summed E-state index contributed by atoms with van der Waals surface area (Å²) in [6.07, 6.45) is 0. The van der Waals surface area contributed by atoms with Gasteiger partial charge in [-0.2, -0.15) is 0 Å². The molecule has 27 heavy (non-hydrogen) atoms. The molecule has 0 radical (unpaired) electrons. The third kappa shape index (κ3) is 3.21. The van der Waals surface area contributed by atoms with E-state index >= 15 is 0 Å². The van der Waals surface area contributed by atoms with Crippen LogP contribution >= 0.6 is 22.6 Å². The van der Waals surface area contributed by atoms with Crippen LogP contribution in [0.4, 0.5) is 0 Å². The Morgan fingerprint density at radius 2 is 1.59 bits per heavy atom. The maximum absolute atomic E-state index is 13.3. The van der Waals surface area contributed by atoms with E-state index in [9.17, 15) is 18.0 Å². The molecule has 0 unspecified atom stereocenters. The molecule has 0 amide bonds. The molecule has 0 bridgehead atoms. The number of hydrogen-bond donors (Lipinski definition) is 0. The summed E-state index contributed by atoms with van der Waals surface area (Å²) >= 11 is 2.03. The summed E-state index contributed by atoms with van der Waals surface area (Å²) in [5.41, 5.74) is -0.373. The normalized spacial score (nSPS) is 11.4. The summed E-state index contributed by atoms with van der Waals surface area (Å²) in [6, 6.07) is 12.5. The van der Waals surface area contributed by atoms with Crippen LogP contribution in [0.2, 0.25) is 0 Å². The lowest BCUT2D eigenvalue weighted by Crippen LogP contribution is -2.21. The van der Waals surface area contributed by atoms with Gasteiger partial charge in [-0.15, -0.1) is 0 Å². The van der Waals surface area contributed by atoms with E-state index in [1.807, 2.05) is 22.6 Å². The molecule has 0 saturated heterocycles. The smallest absolute Gasteiger partial charge is 0.356 e. The number of nitrogens with zero attached hydrogens (tertiary/aromatic N) is 1. The molecule has 7 nitrogen and oxygen atoms in total. The van der Waals surface area contributed by atoms with Crippen LogP contribution in [0.5, 0.6) is 0 Å². The minimum Gasteiger partial charge on any atom is -0.465 e. The largest absolute Gasteiger partial charge is 0.465 e. The number of hydrogen-bond acceptors (Lipinski definition) is 6. The number of halogens is 1. The van der Waals surface area contributed by atoms with Crippen molar-refractivity contribution in [2.75, 3.05) is 14.2 Å². The predicted octanol–water partition coefficient (Wildman–Crippen LogP) is 3.06. The van der Waals surface area contributed by atoms with Crippen molar-refractivity contribution in [3.05, 3.63) is 63.4 Å². The van der Waals surface area contributed by atoms with E-state index in [-0.39, 0.29) is 21.4 Å². The molecule has 2 aromatic carbocycles. The van der Waals surface area contributed by atoms with E-state index in [2.05, 4.69) is 0 Å². The van der Waals surface area contributed by atoms with Gasteiger partial charge in [0.15, 0.2) is 5.69 Å². The van der Waals surface area contributed by atoms with Crippen LogP contribution in [-0.2, 0) is 19.5 Å². The second kappa shape index (κ2) is 7.31. The third-order valence-corrected chi connectivity index (χ3v) is 6.34. The van der Waals surface area contributed by atoms with Crippen LogP contribution in [0, 0.1) is 3.57 Å². The predicted molar refractivity (Wildman–Crippen MR) is 106 cm³/mol. The summed E-state index contributed by atoms with van der Waals surface area (Å²) in [6.45, 7) is 0. The van der Waals surface area contributed by atoms with Crippen LogP contribution in [0.25, 0.3) is 10.9 Å². The van der Waals surface area contributed by atoms with Crippen molar-refractivity contribution < 1.29 is 27.5 Å². The highest BCUT2D eigenvalue weighted by atomic mass is 127. The van der Waals surface area contributed by atoms with E-state index in [0.717, 1.165) is 21.8 Å². The summed E-state index contributed by atoms with van der Waals surface area (Å²) in [5, 5.41) is 0.286. The molecule has 0 N–H and O–H groups in total. The van der Waals surface area contributed by atoms with Gasteiger partial charge < -0.3 is 9.47 Å². The van der Waals surface area contributed by atoms with E-state index in [1.165, 1.54) is 18.2 Å². The molecule has 0 fully saturated rings. The van der Waals surface area contributed by atoms with Gasteiger partial charge >= 0.3 is 11.9 Å². The maximum atomic E-state index is 13.3. The van der Waals surface area contributed by atoms with E-state index < -0.39 is 27.7 Å². The van der Waals surface area contributed by atoms with Crippen molar-refractivity contribution in [1.82, 2.24) is 3.97 Å². The van der Waals surface area contributed by atoms with Crippen molar-refractivity contribution in [2.24, 2.45) is 0 Å². The molecular weight excluding hydrogens is 485 g/mol. The number of benzene rings is 2. The lowest BCUT2D eigenvalue weighted by Gasteiger charge is -2.11. The van der Waals surface area contributed by atoms with Gasteiger partial charge in [-0.25, -0.2) is 22.0 Å². The van der Waals surface area contributed by atoms with Crippen molar-refractivity contribution in [2.45, 2.75) is 4.90 Å². The number of carbonyl (C=O) groups excluding carboxylic acids is 2. The SMILES string of the molecule is COC(=O)c1c(C(=O)OC)n(S(=O)(=O)c2ccccc2)c2ccc(I)cc12. The minimum atomic E-state index is -4.18. The van der Waals surface area contributed by atoms with Gasteiger partial charge in [-0.05, 0) is 52.9 Å². The Morgan fingerprint density at radius 1 is 0.963 bits per heavy atom. The molecule has 140 valence electrons. The van der Waals surface area contributed by atoms with Gasteiger partial charge in [0.2, 0.25) is 0 Å². The molecule has 3 rings (SSSR count). The topological polar surface area (TPSA) is 91.7 Å². The quantitative estimate of drug-likeness (QED) is 0.405. The molecule has 0 aliphatic rings. The summed E-state index contributed by atoms with van der Waals surface area (Å²) in [7, 11) is -1.91. The Bertz CT molecular complexity index is 1150. The van der Waals surface area contributed by atoms with Crippen molar-refractivity contribution >= 4 is 55.5 Å². The highest BCUT2D eigenvalue weighted by Gasteiger charge is 2.34. The van der Waals surface area contributed by atoms with Crippen LogP contribution in [0.1, 0.15) is 20.8 Å². The average Bonchev–Trinajstić information content (AvgIpc) is 3.02. The molecule has 0 spiro atoms. The van der Waals surface area contributed by atoms with E-state index in [4.69, 9.17) is 9.47 Å². The molecule has 0 saturated carbocycles. The van der Waals surface area contributed by atoms with Gasteiger partial charge in [0, 0.05) is 8.96 Å². The Labute approximate surface area is 169 Å². The first-order valence-corrected chi connectivity index (χ1v) is 10.2. The zero-order chi connectivity index (χ0) is 19.8. The van der Waals surface area contributed by atoms with Crippen molar-refractivity contribution in [3.63, 3.8) is 0 Å². The highest BCUT2D eigenvalue weighted by Crippen LogP contribution is 2.32. The first-order chi connectivity index (χ1) is 12.8. The van der Waals surface area contributed by atoms with E-state index in [0.29, 0.717) is 0 Å². The Hall–Kier alpha value is -2.40. The third-order valence-electron chi connectivity index (χ3n) is 3.94. The van der Waals surface area contributed by atoms with Crippen LogP contribution in [0.3, 0.4) is 0 Å². The van der Waals surface area contributed by atoms with E-state index in [1.54, 1.807) is 30.3 Å². The lowest BCUT2D eigenvalue weighted by molar-refractivity contribution is 0.0552. The average molecular weight is 499 g/mol. The number of aromatic nitrogens is 1. The fourth-order valence-corrected chi connectivity index (χ4v) is 4.80. The Kier molecular flexibility index (Phi) is 5.24. The molecule has 0 aliphatic heterocycles. The number of ether oxygens (including phenoxy) is 2. The Balaban J connectivity index is 2.52. The number of methoxy groups -OCH3 is 2. The van der Waals surface area contributed by atoms with Crippen LogP contribution < -0.4 is 0 Å². The fourth-order valence-electron chi connectivity index (χ4n) is 2.77. The monoisotopic (exact) mass is 499 g/mol. The molecule has 0 aliphatic carbocycles. The van der Waals surface area contributed by atoms with Gasteiger partial charge in [0.05, 0.1) is 24.6 Å². The Morgan fingerprint density at radius 3 is 2.19 bits per heavy atom. The number of rotatable bonds is 4. The molecule has 9 heteroatoms. The van der Waals surface area contributed by atoms with Crippen LogP contribution in [0.15, 0.2) is 53.4 Å². The molecule has 3 aromatic rings. The molecule has 0 atom stereocenters. The zero-order valence-corrected chi connectivity index (χ0v) is 17.3. The number of esters is 2. The van der Waals surface area contributed by atoms with Crippen molar-refractivity contribution in [1.29, 1.82) is 0 Å².